The standard InChI is InChI=1S/C58H39NO/c1-57(2)46-25-13-9-21-40(46)43-31-29-39(34-50(43)57)59(37-19-7-4-8-20-37)38-30-32-52-45(33-38)56-53(60-52)35-51-55(54(56)36-17-5-3-6-18-36)44-24-12-16-28-49(44)58(51)47-26-14-10-22-41(47)42-23-11-15-27-48(42)58/h3-35H,1-2H3. The van der Waals surface area contributed by atoms with Crippen LogP contribution < -0.4 is 4.90 Å². The predicted molar refractivity (Wildman–Crippen MR) is 248 cm³/mol. The van der Waals surface area contributed by atoms with E-state index < -0.39 is 5.41 Å². The second-order valence-corrected chi connectivity index (χ2v) is 17.2. The van der Waals surface area contributed by atoms with E-state index in [4.69, 9.17) is 4.42 Å². The van der Waals surface area contributed by atoms with Gasteiger partial charge in [0.05, 0.1) is 5.41 Å². The molecular weight excluding hydrogens is 727 g/mol. The summed E-state index contributed by atoms with van der Waals surface area (Å²) in [7, 11) is 0. The number of fused-ring (bicyclic) bond motifs is 16. The maximum atomic E-state index is 7.07. The monoisotopic (exact) mass is 765 g/mol. The quantitative estimate of drug-likeness (QED) is 0.177. The van der Waals surface area contributed by atoms with Crippen LogP contribution in [0.4, 0.5) is 17.1 Å². The average Bonchev–Trinajstić information content (AvgIpc) is 3.98. The maximum absolute atomic E-state index is 7.07. The van der Waals surface area contributed by atoms with Crippen molar-refractivity contribution in [2.75, 3.05) is 4.90 Å². The number of para-hydroxylation sites is 1. The molecule has 0 amide bonds. The van der Waals surface area contributed by atoms with Gasteiger partial charge >= 0.3 is 0 Å². The van der Waals surface area contributed by atoms with Crippen LogP contribution in [-0.4, -0.2) is 0 Å². The summed E-state index contributed by atoms with van der Waals surface area (Å²) in [5.41, 5.74) is 22.7. The highest BCUT2D eigenvalue weighted by molar-refractivity contribution is 6.19. The van der Waals surface area contributed by atoms with Gasteiger partial charge in [0.2, 0.25) is 0 Å². The minimum atomic E-state index is -0.480. The first-order chi connectivity index (χ1) is 29.5. The summed E-state index contributed by atoms with van der Waals surface area (Å²) in [6.45, 7) is 4.71. The van der Waals surface area contributed by atoms with Crippen LogP contribution in [0, 0.1) is 0 Å². The van der Waals surface area contributed by atoms with Crippen molar-refractivity contribution in [2.24, 2.45) is 0 Å². The summed E-state index contributed by atoms with van der Waals surface area (Å²) >= 11 is 0. The van der Waals surface area contributed by atoms with Crippen LogP contribution in [0.2, 0.25) is 0 Å². The number of rotatable bonds is 4. The molecule has 1 heterocycles. The summed E-state index contributed by atoms with van der Waals surface area (Å²) in [5, 5.41) is 2.24. The summed E-state index contributed by atoms with van der Waals surface area (Å²) in [6.07, 6.45) is 0. The lowest BCUT2D eigenvalue weighted by molar-refractivity contribution is 0.660. The SMILES string of the molecule is CC1(C)c2ccccc2-c2ccc(N(c3ccccc3)c3ccc4oc5cc6c(c(-c7ccccc7)c5c4c3)-c3ccccc3C63c4ccccc4-c4ccccc43)cc21. The molecule has 60 heavy (non-hydrogen) atoms. The first kappa shape index (κ1) is 33.5. The Morgan fingerprint density at radius 2 is 0.883 bits per heavy atom. The topological polar surface area (TPSA) is 16.4 Å². The van der Waals surface area contributed by atoms with Crippen molar-refractivity contribution in [1.29, 1.82) is 0 Å². The van der Waals surface area contributed by atoms with E-state index in [2.05, 4.69) is 219 Å². The van der Waals surface area contributed by atoms with E-state index in [9.17, 15) is 0 Å². The highest BCUT2D eigenvalue weighted by Gasteiger charge is 2.52. The van der Waals surface area contributed by atoms with Crippen molar-refractivity contribution in [1.82, 2.24) is 0 Å². The fourth-order valence-corrected chi connectivity index (χ4v) is 11.4. The highest BCUT2D eigenvalue weighted by atomic mass is 16.3. The fourth-order valence-electron chi connectivity index (χ4n) is 11.4. The van der Waals surface area contributed by atoms with Crippen LogP contribution in [-0.2, 0) is 10.8 Å². The zero-order valence-electron chi connectivity index (χ0n) is 33.4. The van der Waals surface area contributed by atoms with Crippen molar-refractivity contribution in [3.63, 3.8) is 0 Å². The third-order valence-corrected chi connectivity index (χ3v) is 13.9. The van der Waals surface area contributed by atoms with Crippen molar-refractivity contribution in [3.8, 4) is 44.5 Å². The molecule has 13 rings (SSSR count). The molecule has 282 valence electrons. The smallest absolute Gasteiger partial charge is 0.136 e. The third kappa shape index (κ3) is 4.27. The fraction of sp³-hybridized carbons (Fsp3) is 0.0690. The van der Waals surface area contributed by atoms with Gasteiger partial charge in [0.25, 0.3) is 0 Å². The Morgan fingerprint density at radius 3 is 1.57 bits per heavy atom. The lowest BCUT2D eigenvalue weighted by atomic mass is 9.70. The van der Waals surface area contributed by atoms with Gasteiger partial charge in [-0.3, -0.25) is 0 Å². The molecule has 0 saturated heterocycles. The Morgan fingerprint density at radius 1 is 0.367 bits per heavy atom. The average molecular weight is 766 g/mol. The summed E-state index contributed by atoms with van der Waals surface area (Å²) < 4.78 is 7.07. The number of furan rings is 1. The minimum absolute atomic E-state index is 0.117. The molecule has 10 aromatic rings. The summed E-state index contributed by atoms with van der Waals surface area (Å²) in [6, 6.07) is 73.9. The van der Waals surface area contributed by atoms with Gasteiger partial charge in [-0.15, -0.1) is 0 Å². The second kappa shape index (κ2) is 12.1. The van der Waals surface area contributed by atoms with E-state index in [1.807, 2.05) is 0 Å². The number of hydrogen-bond donors (Lipinski definition) is 0. The van der Waals surface area contributed by atoms with Crippen LogP contribution in [0.3, 0.4) is 0 Å². The molecule has 9 aromatic carbocycles. The first-order valence-corrected chi connectivity index (χ1v) is 21.0. The second-order valence-electron chi connectivity index (χ2n) is 17.2. The van der Waals surface area contributed by atoms with Crippen LogP contribution >= 0.6 is 0 Å². The molecule has 0 bridgehead atoms. The molecule has 0 radical (unpaired) electrons. The van der Waals surface area contributed by atoms with E-state index in [0.29, 0.717) is 0 Å². The summed E-state index contributed by atoms with van der Waals surface area (Å²) in [5.74, 6) is 0. The highest BCUT2D eigenvalue weighted by Crippen LogP contribution is 2.65. The Labute approximate surface area is 349 Å². The van der Waals surface area contributed by atoms with E-state index in [-0.39, 0.29) is 5.41 Å². The van der Waals surface area contributed by atoms with Gasteiger partial charge in [0.15, 0.2) is 0 Å². The first-order valence-electron chi connectivity index (χ1n) is 21.0. The van der Waals surface area contributed by atoms with Crippen molar-refractivity contribution in [2.45, 2.75) is 24.7 Å². The number of nitrogens with zero attached hydrogens (tertiary/aromatic N) is 1. The Bertz CT molecular complexity index is 3360. The Kier molecular flexibility index (Phi) is 6.74. The van der Waals surface area contributed by atoms with E-state index in [0.717, 1.165) is 39.0 Å². The molecule has 2 heteroatoms. The molecule has 0 fully saturated rings. The number of anilines is 3. The lowest BCUT2D eigenvalue weighted by Gasteiger charge is -2.30. The lowest BCUT2D eigenvalue weighted by Crippen LogP contribution is -2.25. The van der Waals surface area contributed by atoms with Gasteiger partial charge in [0.1, 0.15) is 11.2 Å². The van der Waals surface area contributed by atoms with Crippen molar-refractivity contribution in [3.05, 3.63) is 234 Å². The zero-order chi connectivity index (χ0) is 39.7. The molecule has 1 aromatic heterocycles. The van der Waals surface area contributed by atoms with Crippen LogP contribution in [0.25, 0.3) is 66.4 Å². The van der Waals surface area contributed by atoms with Crippen LogP contribution in [0.5, 0.6) is 0 Å². The van der Waals surface area contributed by atoms with E-state index >= 15 is 0 Å². The maximum Gasteiger partial charge on any atom is 0.136 e. The van der Waals surface area contributed by atoms with Gasteiger partial charge in [0, 0.05) is 38.8 Å². The summed E-state index contributed by atoms with van der Waals surface area (Å²) in [4.78, 5) is 2.41. The predicted octanol–water partition coefficient (Wildman–Crippen LogP) is 15.4. The van der Waals surface area contributed by atoms with Gasteiger partial charge in [-0.1, -0.05) is 166 Å². The molecule has 0 atom stereocenters. The molecule has 1 spiro atoms. The van der Waals surface area contributed by atoms with Crippen molar-refractivity contribution >= 4 is 39.0 Å². The van der Waals surface area contributed by atoms with Gasteiger partial charge in [-0.25, -0.2) is 0 Å². The minimum Gasteiger partial charge on any atom is -0.456 e. The number of hydrogen-bond acceptors (Lipinski definition) is 2. The molecular formula is C58H39NO. The molecule has 3 aliphatic rings. The largest absolute Gasteiger partial charge is 0.456 e. The normalized spacial score (nSPS) is 14.4. The molecule has 0 unspecified atom stereocenters. The number of benzene rings is 9. The van der Waals surface area contributed by atoms with Crippen LogP contribution in [0.15, 0.2) is 205 Å². The zero-order valence-corrected chi connectivity index (χ0v) is 33.4. The third-order valence-electron chi connectivity index (χ3n) is 13.9. The molecule has 0 N–H and O–H groups in total. The Hall–Kier alpha value is -7.42. The molecule has 3 aliphatic carbocycles. The molecule has 0 saturated carbocycles. The van der Waals surface area contributed by atoms with Gasteiger partial charge in [-0.05, 0) is 121 Å². The Balaban J connectivity index is 1.10. The molecule has 0 aliphatic heterocycles. The van der Waals surface area contributed by atoms with Crippen LogP contribution in [0.1, 0.15) is 47.2 Å². The van der Waals surface area contributed by atoms with Gasteiger partial charge < -0.3 is 9.32 Å². The van der Waals surface area contributed by atoms with Crippen molar-refractivity contribution < 1.29 is 4.42 Å². The van der Waals surface area contributed by atoms with Gasteiger partial charge in [-0.2, -0.15) is 0 Å². The molecule has 2 nitrogen and oxygen atoms in total. The van der Waals surface area contributed by atoms with E-state index in [1.54, 1.807) is 0 Å². The van der Waals surface area contributed by atoms with E-state index in [1.165, 1.54) is 77.9 Å².